The first-order valence-electron chi connectivity index (χ1n) is 3.75. The van der Waals surface area contributed by atoms with Gasteiger partial charge in [0.1, 0.15) is 0 Å². The number of para-hydroxylation sites is 1. The average Bonchev–Trinajstić information content (AvgIpc) is 2.06. The number of anilines is 1. The Morgan fingerprint density at radius 1 is 1.36 bits per heavy atom. The third-order valence-corrected chi connectivity index (χ3v) is 3.03. The first-order chi connectivity index (χ1) is 5.38. The summed E-state index contributed by atoms with van der Waals surface area (Å²) >= 11 is 1.97. The summed E-state index contributed by atoms with van der Waals surface area (Å²) in [5.41, 5.74) is 2.86. The van der Waals surface area contributed by atoms with Crippen molar-refractivity contribution in [2.45, 2.75) is 5.75 Å². The van der Waals surface area contributed by atoms with Gasteiger partial charge in [0.2, 0.25) is 0 Å². The second-order valence-corrected chi connectivity index (χ2v) is 3.76. The fourth-order valence-electron chi connectivity index (χ4n) is 1.37. The molecule has 0 aromatic heterocycles. The largest absolute Gasteiger partial charge is 0.365 e. The van der Waals surface area contributed by atoms with Gasteiger partial charge in [-0.15, -0.1) is 11.8 Å². The molecule has 0 N–H and O–H groups in total. The Kier molecular flexibility index (Phi) is 1.78. The van der Waals surface area contributed by atoms with Crippen LogP contribution >= 0.6 is 11.8 Å². The third kappa shape index (κ3) is 1.23. The molecule has 0 aliphatic carbocycles. The SMILES string of the molecule is CN1CSCc2ccccc21. The summed E-state index contributed by atoms with van der Waals surface area (Å²) in [7, 11) is 2.14. The van der Waals surface area contributed by atoms with Gasteiger partial charge >= 0.3 is 0 Å². The van der Waals surface area contributed by atoms with Crippen LogP contribution in [-0.4, -0.2) is 12.9 Å². The molecule has 0 bridgehead atoms. The summed E-state index contributed by atoms with van der Waals surface area (Å²) in [6.45, 7) is 0. The first-order valence-corrected chi connectivity index (χ1v) is 4.90. The number of hydrogen-bond donors (Lipinski definition) is 0. The smallest absolute Gasteiger partial charge is 0.0639 e. The zero-order chi connectivity index (χ0) is 7.68. The minimum Gasteiger partial charge on any atom is -0.365 e. The summed E-state index contributed by atoms with van der Waals surface area (Å²) < 4.78 is 0. The predicted molar refractivity (Wildman–Crippen MR) is 51.0 cm³/mol. The third-order valence-electron chi connectivity index (χ3n) is 1.95. The summed E-state index contributed by atoms with van der Waals surface area (Å²) in [6.07, 6.45) is 0. The lowest BCUT2D eigenvalue weighted by Crippen LogP contribution is -2.20. The maximum absolute atomic E-state index is 2.30. The number of benzene rings is 1. The van der Waals surface area contributed by atoms with Gasteiger partial charge in [0.25, 0.3) is 0 Å². The fraction of sp³-hybridized carbons (Fsp3) is 0.333. The van der Waals surface area contributed by atoms with Crippen LogP contribution in [0.5, 0.6) is 0 Å². The molecule has 1 aromatic rings. The zero-order valence-electron chi connectivity index (χ0n) is 6.58. The Hall–Kier alpha value is -0.630. The monoisotopic (exact) mass is 165 g/mol. The summed E-state index contributed by atoms with van der Waals surface area (Å²) in [5, 5.41) is 0. The van der Waals surface area contributed by atoms with E-state index in [1.54, 1.807) is 0 Å². The fourth-order valence-corrected chi connectivity index (χ4v) is 2.34. The molecule has 0 fully saturated rings. The Bertz CT molecular complexity index is 259. The van der Waals surface area contributed by atoms with Crippen molar-refractivity contribution in [3.05, 3.63) is 29.8 Å². The molecular weight excluding hydrogens is 154 g/mol. The molecule has 1 nitrogen and oxygen atoms in total. The minimum absolute atomic E-state index is 1.12. The molecular formula is C9H11NS. The standard InChI is InChI=1S/C9H11NS/c1-10-7-11-6-8-4-2-3-5-9(8)10/h2-5H,6-7H2,1H3. The highest BCUT2D eigenvalue weighted by Gasteiger charge is 2.11. The first kappa shape index (κ1) is 7.04. The molecule has 11 heavy (non-hydrogen) atoms. The second kappa shape index (κ2) is 2.78. The van der Waals surface area contributed by atoms with E-state index in [9.17, 15) is 0 Å². The van der Waals surface area contributed by atoms with Crippen LogP contribution in [0.1, 0.15) is 5.56 Å². The van der Waals surface area contributed by atoms with Crippen molar-refractivity contribution >= 4 is 17.4 Å². The highest BCUT2D eigenvalue weighted by Crippen LogP contribution is 2.29. The second-order valence-electron chi connectivity index (χ2n) is 2.80. The molecule has 1 aliphatic rings. The quantitative estimate of drug-likeness (QED) is 0.580. The molecule has 0 amide bonds. The lowest BCUT2D eigenvalue weighted by Gasteiger charge is -2.26. The van der Waals surface area contributed by atoms with E-state index in [2.05, 4.69) is 36.2 Å². The van der Waals surface area contributed by atoms with Gasteiger partial charge in [0, 0.05) is 18.5 Å². The van der Waals surface area contributed by atoms with Crippen LogP contribution in [0.4, 0.5) is 5.69 Å². The van der Waals surface area contributed by atoms with Crippen LogP contribution in [0.25, 0.3) is 0 Å². The van der Waals surface area contributed by atoms with Gasteiger partial charge in [-0.3, -0.25) is 0 Å². The molecule has 0 unspecified atom stereocenters. The van der Waals surface area contributed by atoms with Gasteiger partial charge in [-0.25, -0.2) is 0 Å². The van der Waals surface area contributed by atoms with E-state index in [-0.39, 0.29) is 0 Å². The molecule has 0 saturated carbocycles. The topological polar surface area (TPSA) is 3.24 Å². The molecule has 58 valence electrons. The zero-order valence-corrected chi connectivity index (χ0v) is 7.40. The maximum Gasteiger partial charge on any atom is 0.0639 e. The number of nitrogens with zero attached hydrogens (tertiary/aromatic N) is 1. The average molecular weight is 165 g/mol. The highest BCUT2D eigenvalue weighted by atomic mass is 32.2. The molecule has 0 spiro atoms. The number of rotatable bonds is 0. The van der Waals surface area contributed by atoms with E-state index in [1.807, 2.05) is 11.8 Å². The van der Waals surface area contributed by atoms with E-state index in [0.717, 1.165) is 5.88 Å². The minimum atomic E-state index is 1.12. The number of thioether (sulfide) groups is 1. The lowest BCUT2D eigenvalue weighted by molar-refractivity contribution is 1.06. The van der Waals surface area contributed by atoms with E-state index in [0.29, 0.717) is 0 Å². The number of fused-ring (bicyclic) bond motifs is 1. The van der Waals surface area contributed by atoms with Crippen molar-refractivity contribution in [1.82, 2.24) is 0 Å². The van der Waals surface area contributed by atoms with Crippen molar-refractivity contribution < 1.29 is 0 Å². The van der Waals surface area contributed by atoms with Gasteiger partial charge in [-0.2, -0.15) is 0 Å². The molecule has 2 heteroatoms. The van der Waals surface area contributed by atoms with Crippen LogP contribution < -0.4 is 4.90 Å². The van der Waals surface area contributed by atoms with Crippen LogP contribution in [0, 0.1) is 0 Å². The molecule has 0 atom stereocenters. The molecule has 1 aromatic carbocycles. The van der Waals surface area contributed by atoms with Crippen LogP contribution in [0.3, 0.4) is 0 Å². The van der Waals surface area contributed by atoms with Crippen molar-refractivity contribution in [3.8, 4) is 0 Å². The van der Waals surface area contributed by atoms with Gasteiger partial charge in [0.15, 0.2) is 0 Å². The van der Waals surface area contributed by atoms with Crippen LogP contribution in [0.2, 0.25) is 0 Å². The van der Waals surface area contributed by atoms with E-state index >= 15 is 0 Å². The highest BCUT2D eigenvalue weighted by molar-refractivity contribution is 7.98. The van der Waals surface area contributed by atoms with E-state index < -0.39 is 0 Å². The van der Waals surface area contributed by atoms with E-state index in [1.165, 1.54) is 17.0 Å². The molecule has 2 rings (SSSR count). The summed E-state index contributed by atoms with van der Waals surface area (Å²) in [5.74, 6) is 2.29. The Balaban J connectivity index is 2.44. The molecule has 1 heterocycles. The normalized spacial score (nSPS) is 16.3. The van der Waals surface area contributed by atoms with Crippen LogP contribution in [-0.2, 0) is 5.75 Å². The van der Waals surface area contributed by atoms with Crippen molar-refractivity contribution in [2.24, 2.45) is 0 Å². The molecule has 0 radical (unpaired) electrons. The van der Waals surface area contributed by atoms with Crippen molar-refractivity contribution in [2.75, 3.05) is 17.8 Å². The van der Waals surface area contributed by atoms with Gasteiger partial charge in [-0.05, 0) is 11.6 Å². The lowest BCUT2D eigenvalue weighted by atomic mass is 10.2. The predicted octanol–water partition coefficient (Wildman–Crippen LogP) is 2.33. The maximum atomic E-state index is 2.30. The Labute approximate surface area is 71.4 Å². The Morgan fingerprint density at radius 2 is 2.18 bits per heavy atom. The van der Waals surface area contributed by atoms with Crippen molar-refractivity contribution in [1.29, 1.82) is 0 Å². The van der Waals surface area contributed by atoms with Gasteiger partial charge in [0.05, 0.1) is 5.88 Å². The summed E-state index contributed by atoms with van der Waals surface area (Å²) in [4.78, 5) is 2.30. The van der Waals surface area contributed by atoms with Gasteiger partial charge in [-0.1, -0.05) is 18.2 Å². The van der Waals surface area contributed by atoms with E-state index in [4.69, 9.17) is 0 Å². The summed E-state index contributed by atoms with van der Waals surface area (Å²) in [6, 6.07) is 8.61. The van der Waals surface area contributed by atoms with Crippen LogP contribution in [0.15, 0.2) is 24.3 Å². The van der Waals surface area contributed by atoms with Crippen molar-refractivity contribution in [3.63, 3.8) is 0 Å². The number of hydrogen-bond acceptors (Lipinski definition) is 2. The van der Waals surface area contributed by atoms with Gasteiger partial charge < -0.3 is 4.90 Å². The molecule has 1 aliphatic heterocycles. The Morgan fingerprint density at radius 3 is 3.00 bits per heavy atom. The molecule has 0 saturated heterocycles.